The molecule has 1 saturated heterocycles. The highest BCUT2D eigenvalue weighted by Gasteiger charge is 2.22. The quantitative estimate of drug-likeness (QED) is 0.619. The first kappa shape index (κ1) is 16.7. The fourth-order valence-electron chi connectivity index (χ4n) is 3.07. The Morgan fingerprint density at radius 3 is 2.73 bits per heavy atom. The predicted molar refractivity (Wildman–Crippen MR) is 86.2 cm³/mol. The Bertz CT molecular complexity index is 501. The number of nitro groups is 1. The largest absolute Gasteiger partial charge is 0.496 e. The number of hydrogen-bond donors (Lipinski definition) is 1. The molecule has 1 aliphatic heterocycles. The minimum atomic E-state index is -0.350. The molecule has 2 rings (SSSR count). The zero-order valence-electron chi connectivity index (χ0n) is 13.4. The third-order valence-corrected chi connectivity index (χ3v) is 4.18. The van der Waals surface area contributed by atoms with Crippen LogP contribution >= 0.6 is 0 Å². The second-order valence-corrected chi connectivity index (χ2v) is 5.70. The number of benzene rings is 1. The van der Waals surface area contributed by atoms with Gasteiger partial charge in [0.2, 0.25) is 0 Å². The Hall–Kier alpha value is -1.66. The van der Waals surface area contributed by atoms with Crippen LogP contribution in [0.5, 0.6) is 5.75 Å². The van der Waals surface area contributed by atoms with Crippen LogP contribution in [0.4, 0.5) is 5.69 Å². The Kier molecular flexibility index (Phi) is 6.15. The van der Waals surface area contributed by atoms with Gasteiger partial charge in [-0.2, -0.15) is 0 Å². The standard InChI is InChI=1S/C16H25N3O3/c1-3-10-18(14-6-8-17-9-7-14)12-13-11-15(19(20)21)4-5-16(13)22-2/h4-5,11,14,17H,3,6-10,12H2,1-2H3. The van der Waals surface area contributed by atoms with E-state index in [9.17, 15) is 10.1 Å². The molecule has 6 heteroatoms. The maximum atomic E-state index is 11.0. The highest BCUT2D eigenvalue weighted by Crippen LogP contribution is 2.27. The van der Waals surface area contributed by atoms with Gasteiger partial charge in [-0.1, -0.05) is 6.92 Å². The summed E-state index contributed by atoms with van der Waals surface area (Å²) in [6.45, 7) is 5.94. The average molecular weight is 307 g/mol. The maximum absolute atomic E-state index is 11.0. The van der Waals surface area contributed by atoms with Gasteiger partial charge in [-0.05, 0) is 45.0 Å². The molecule has 1 aromatic carbocycles. The van der Waals surface area contributed by atoms with Gasteiger partial charge < -0.3 is 10.1 Å². The Morgan fingerprint density at radius 2 is 2.14 bits per heavy atom. The summed E-state index contributed by atoms with van der Waals surface area (Å²) < 4.78 is 5.38. The molecule has 1 N–H and O–H groups in total. The number of methoxy groups -OCH3 is 1. The smallest absolute Gasteiger partial charge is 0.270 e. The number of nitrogens with zero attached hydrogens (tertiary/aromatic N) is 2. The van der Waals surface area contributed by atoms with E-state index in [1.165, 1.54) is 6.07 Å². The van der Waals surface area contributed by atoms with Crippen molar-refractivity contribution in [3.8, 4) is 5.75 Å². The summed E-state index contributed by atoms with van der Waals surface area (Å²) in [5.41, 5.74) is 1.02. The predicted octanol–water partition coefficient (Wildman–Crippen LogP) is 2.57. The first-order valence-electron chi connectivity index (χ1n) is 7.91. The Balaban J connectivity index is 2.20. The molecular weight excluding hydrogens is 282 g/mol. The van der Waals surface area contributed by atoms with Crippen molar-refractivity contribution >= 4 is 5.69 Å². The molecule has 1 aliphatic rings. The third-order valence-electron chi connectivity index (χ3n) is 4.18. The van der Waals surface area contributed by atoms with E-state index in [0.29, 0.717) is 12.6 Å². The van der Waals surface area contributed by atoms with Crippen molar-refractivity contribution in [2.45, 2.75) is 38.8 Å². The molecule has 0 spiro atoms. The van der Waals surface area contributed by atoms with Crippen molar-refractivity contribution in [3.05, 3.63) is 33.9 Å². The zero-order valence-corrected chi connectivity index (χ0v) is 13.4. The van der Waals surface area contributed by atoms with Crippen molar-refractivity contribution < 1.29 is 9.66 Å². The van der Waals surface area contributed by atoms with Crippen LogP contribution in [0.15, 0.2) is 18.2 Å². The first-order valence-corrected chi connectivity index (χ1v) is 7.91. The minimum absolute atomic E-state index is 0.123. The lowest BCUT2D eigenvalue weighted by Gasteiger charge is -2.34. The summed E-state index contributed by atoms with van der Waals surface area (Å²) in [4.78, 5) is 13.1. The average Bonchev–Trinajstić information content (AvgIpc) is 2.55. The van der Waals surface area contributed by atoms with E-state index < -0.39 is 0 Å². The zero-order chi connectivity index (χ0) is 15.9. The van der Waals surface area contributed by atoms with Gasteiger partial charge in [0.1, 0.15) is 5.75 Å². The summed E-state index contributed by atoms with van der Waals surface area (Å²) >= 11 is 0. The normalized spacial score (nSPS) is 16.0. The van der Waals surface area contributed by atoms with Crippen molar-refractivity contribution in [1.82, 2.24) is 10.2 Å². The number of nitro benzene ring substituents is 1. The van der Waals surface area contributed by atoms with E-state index >= 15 is 0 Å². The van der Waals surface area contributed by atoms with Crippen LogP contribution in [0.1, 0.15) is 31.7 Å². The van der Waals surface area contributed by atoms with Crippen LogP contribution in [0.25, 0.3) is 0 Å². The molecule has 0 aromatic heterocycles. The van der Waals surface area contributed by atoms with E-state index in [-0.39, 0.29) is 10.6 Å². The molecule has 22 heavy (non-hydrogen) atoms. The molecule has 1 fully saturated rings. The molecule has 0 atom stereocenters. The summed E-state index contributed by atoms with van der Waals surface area (Å²) in [6.07, 6.45) is 3.32. The molecular formula is C16H25N3O3. The van der Waals surface area contributed by atoms with Crippen molar-refractivity contribution in [2.24, 2.45) is 0 Å². The van der Waals surface area contributed by atoms with Gasteiger partial charge >= 0.3 is 0 Å². The van der Waals surface area contributed by atoms with Crippen LogP contribution in [-0.2, 0) is 6.54 Å². The van der Waals surface area contributed by atoms with E-state index in [1.807, 2.05) is 0 Å². The number of nitrogens with one attached hydrogen (secondary N) is 1. The van der Waals surface area contributed by atoms with E-state index in [4.69, 9.17) is 4.74 Å². The SMILES string of the molecule is CCCN(Cc1cc([N+](=O)[O-])ccc1OC)C1CCNCC1. The van der Waals surface area contributed by atoms with Crippen LogP contribution in [0.2, 0.25) is 0 Å². The summed E-state index contributed by atoms with van der Waals surface area (Å²) in [5.74, 6) is 0.723. The molecule has 0 saturated carbocycles. The number of non-ortho nitro benzene ring substituents is 1. The number of ether oxygens (including phenoxy) is 1. The molecule has 1 heterocycles. The van der Waals surface area contributed by atoms with Crippen LogP contribution in [0, 0.1) is 10.1 Å². The molecule has 0 radical (unpaired) electrons. The topological polar surface area (TPSA) is 67.6 Å². The lowest BCUT2D eigenvalue weighted by atomic mass is 10.0. The Morgan fingerprint density at radius 1 is 1.41 bits per heavy atom. The van der Waals surface area contributed by atoms with Crippen LogP contribution in [-0.4, -0.2) is 42.6 Å². The highest BCUT2D eigenvalue weighted by atomic mass is 16.6. The Labute approximate surface area is 131 Å². The van der Waals surface area contributed by atoms with E-state index in [2.05, 4.69) is 17.1 Å². The summed E-state index contributed by atoms with van der Waals surface area (Å²) in [5, 5.41) is 14.4. The fourth-order valence-corrected chi connectivity index (χ4v) is 3.07. The fraction of sp³-hybridized carbons (Fsp3) is 0.625. The minimum Gasteiger partial charge on any atom is -0.496 e. The molecule has 0 unspecified atom stereocenters. The van der Waals surface area contributed by atoms with Gasteiger partial charge in [0.25, 0.3) is 5.69 Å². The van der Waals surface area contributed by atoms with Crippen molar-refractivity contribution in [3.63, 3.8) is 0 Å². The summed E-state index contributed by atoms with van der Waals surface area (Å²) in [7, 11) is 1.61. The molecule has 0 bridgehead atoms. The second-order valence-electron chi connectivity index (χ2n) is 5.70. The van der Waals surface area contributed by atoms with Crippen molar-refractivity contribution in [1.29, 1.82) is 0 Å². The van der Waals surface area contributed by atoms with E-state index in [1.54, 1.807) is 19.2 Å². The van der Waals surface area contributed by atoms with Crippen LogP contribution in [0.3, 0.4) is 0 Å². The molecule has 0 aliphatic carbocycles. The van der Waals surface area contributed by atoms with Gasteiger partial charge in [0.15, 0.2) is 0 Å². The van der Waals surface area contributed by atoms with E-state index in [0.717, 1.165) is 50.2 Å². The van der Waals surface area contributed by atoms with Crippen LogP contribution < -0.4 is 10.1 Å². The third kappa shape index (κ3) is 4.18. The van der Waals surface area contributed by atoms with Gasteiger partial charge in [-0.25, -0.2) is 0 Å². The molecule has 1 aromatic rings. The van der Waals surface area contributed by atoms with Gasteiger partial charge in [0, 0.05) is 30.3 Å². The molecule has 6 nitrogen and oxygen atoms in total. The van der Waals surface area contributed by atoms with Gasteiger partial charge in [-0.15, -0.1) is 0 Å². The number of rotatable bonds is 7. The number of piperidine rings is 1. The second kappa shape index (κ2) is 8.10. The van der Waals surface area contributed by atoms with Crippen molar-refractivity contribution in [2.75, 3.05) is 26.7 Å². The molecule has 0 amide bonds. The van der Waals surface area contributed by atoms with Gasteiger partial charge in [-0.3, -0.25) is 15.0 Å². The lowest BCUT2D eigenvalue weighted by Crippen LogP contribution is -2.43. The highest BCUT2D eigenvalue weighted by molar-refractivity contribution is 5.43. The lowest BCUT2D eigenvalue weighted by molar-refractivity contribution is -0.385. The first-order chi connectivity index (χ1) is 10.7. The molecule has 122 valence electrons. The maximum Gasteiger partial charge on any atom is 0.270 e. The van der Waals surface area contributed by atoms with Gasteiger partial charge in [0.05, 0.1) is 12.0 Å². The summed E-state index contributed by atoms with van der Waals surface area (Å²) in [6, 6.07) is 5.37. The monoisotopic (exact) mass is 307 g/mol. The number of hydrogen-bond acceptors (Lipinski definition) is 5.